The second kappa shape index (κ2) is 7.85. The van der Waals surface area contributed by atoms with Crippen molar-refractivity contribution in [2.45, 2.75) is 51.4 Å². The minimum absolute atomic E-state index is 0.0301. The molecule has 0 radical (unpaired) electrons. The Balaban J connectivity index is 1.43. The highest BCUT2D eigenvalue weighted by Crippen LogP contribution is 2.28. The van der Waals surface area contributed by atoms with Gasteiger partial charge in [0, 0.05) is 30.6 Å². The van der Waals surface area contributed by atoms with Gasteiger partial charge < -0.3 is 9.32 Å². The summed E-state index contributed by atoms with van der Waals surface area (Å²) in [7, 11) is 0. The fourth-order valence-electron chi connectivity index (χ4n) is 3.73. The van der Waals surface area contributed by atoms with Gasteiger partial charge in [-0.1, -0.05) is 51.1 Å². The van der Waals surface area contributed by atoms with Crippen LogP contribution in [0.4, 0.5) is 0 Å². The van der Waals surface area contributed by atoms with Gasteiger partial charge in [-0.05, 0) is 24.5 Å². The van der Waals surface area contributed by atoms with Crippen molar-refractivity contribution in [3.05, 3.63) is 71.2 Å². The summed E-state index contributed by atoms with van der Waals surface area (Å²) in [4.78, 5) is 19.3. The molecular weight excluding hydrogens is 364 g/mol. The molecule has 3 aromatic rings. The zero-order valence-electron chi connectivity index (χ0n) is 17.3. The predicted octanol–water partition coefficient (Wildman–Crippen LogP) is 4.31. The second-order valence-corrected chi connectivity index (χ2v) is 8.83. The fourth-order valence-corrected chi connectivity index (χ4v) is 3.73. The number of benzene rings is 1. The molecule has 0 bridgehead atoms. The Bertz CT molecular complexity index is 968. The number of amides is 1. The molecule has 152 valence electrons. The summed E-state index contributed by atoms with van der Waals surface area (Å²) in [6.07, 6.45) is 4.45. The third-order valence-corrected chi connectivity index (χ3v) is 5.46. The number of aromatic nitrogens is 3. The van der Waals surface area contributed by atoms with Gasteiger partial charge in [-0.2, -0.15) is 5.10 Å². The van der Waals surface area contributed by atoms with Crippen molar-refractivity contribution in [2.75, 3.05) is 13.1 Å². The van der Waals surface area contributed by atoms with Crippen LogP contribution in [-0.2, 0) is 11.8 Å². The summed E-state index contributed by atoms with van der Waals surface area (Å²) in [6, 6.07) is 12.1. The van der Waals surface area contributed by atoms with E-state index in [-0.39, 0.29) is 17.2 Å². The van der Waals surface area contributed by atoms with E-state index in [1.165, 1.54) is 5.56 Å². The van der Waals surface area contributed by atoms with Gasteiger partial charge in [-0.25, -0.2) is 4.98 Å². The first-order valence-electron chi connectivity index (χ1n) is 10.2. The van der Waals surface area contributed by atoms with Gasteiger partial charge in [0.15, 0.2) is 5.89 Å². The molecule has 1 atom stereocenters. The molecule has 4 rings (SSSR count). The van der Waals surface area contributed by atoms with Crippen LogP contribution in [0.15, 0.2) is 47.0 Å². The quantitative estimate of drug-likeness (QED) is 0.718. The molecule has 1 fully saturated rings. The van der Waals surface area contributed by atoms with Gasteiger partial charge in [0.2, 0.25) is 0 Å². The molecule has 1 amide bonds. The van der Waals surface area contributed by atoms with Crippen LogP contribution in [0.25, 0.3) is 0 Å². The summed E-state index contributed by atoms with van der Waals surface area (Å²) in [6.45, 7) is 7.65. The number of hydrogen-bond acceptors (Lipinski definition) is 4. The molecule has 0 spiro atoms. The van der Waals surface area contributed by atoms with Crippen LogP contribution in [0, 0.1) is 0 Å². The molecule has 1 aromatic carbocycles. The molecule has 6 heteroatoms. The summed E-state index contributed by atoms with van der Waals surface area (Å²) in [5, 5.41) is 7.26. The zero-order chi connectivity index (χ0) is 20.4. The van der Waals surface area contributed by atoms with E-state index in [9.17, 15) is 4.79 Å². The topological polar surface area (TPSA) is 75.0 Å². The van der Waals surface area contributed by atoms with Crippen molar-refractivity contribution >= 4 is 5.91 Å². The molecule has 3 heterocycles. The standard InChI is InChI=1S/C23H28N4O2/c1-23(2,3)20-13-19(25-26-20)22(28)27-11-7-10-17(15-27)21-24-14-18(29-21)12-16-8-5-4-6-9-16/h4-6,8-9,13-14,17H,7,10-12,15H2,1-3H3,(H,25,26)/t17-/m1/s1. The molecule has 1 saturated heterocycles. The van der Waals surface area contributed by atoms with Crippen LogP contribution < -0.4 is 0 Å². The van der Waals surface area contributed by atoms with Crippen molar-refractivity contribution in [1.82, 2.24) is 20.1 Å². The fraction of sp³-hybridized carbons (Fsp3) is 0.435. The smallest absolute Gasteiger partial charge is 0.274 e. The van der Waals surface area contributed by atoms with Crippen LogP contribution in [0.5, 0.6) is 0 Å². The normalized spacial score (nSPS) is 17.5. The lowest BCUT2D eigenvalue weighted by molar-refractivity contribution is 0.0692. The molecule has 0 unspecified atom stereocenters. The van der Waals surface area contributed by atoms with E-state index in [2.05, 4.69) is 48.1 Å². The van der Waals surface area contributed by atoms with Gasteiger partial charge in [0.1, 0.15) is 11.5 Å². The minimum atomic E-state index is -0.0663. The minimum Gasteiger partial charge on any atom is -0.445 e. The molecule has 1 N–H and O–H groups in total. The van der Waals surface area contributed by atoms with E-state index in [0.717, 1.165) is 43.2 Å². The number of rotatable bonds is 4. The molecule has 2 aromatic heterocycles. The van der Waals surface area contributed by atoms with E-state index in [0.29, 0.717) is 12.2 Å². The molecule has 29 heavy (non-hydrogen) atoms. The number of carbonyl (C=O) groups is 1. The average molecular weight is 393 g/mol. The highest BCUT2D eigenvalue weighted by molar-refractivity contribution is 5.92. The van der Waals surface area contributed by atoms with E-state index in [4.69, 9.17) is 4.42 Å². The molecule has 6 nitrogen and oxygen atoms in total. The molecule has 0 saturated carbocycles. The van der Waals surface area contributed by atoms with Gasteiger partial charge in [0.25, 0.3) is 5.91 Å². The maximum Gasteiger partial charge on any atom is 0.274 e. The first-order valence-corrected chi connectivity index (χ1v) is 10.2. The number of likely N-dealkylation sites (tertiary alicyclic amines) is 1. The monoisotopic (exact) mass is 392 g/mol. The second-order valence-electron chi connectivity index (χ2n) is 8.83. The highest BCUT2D eigenvalue weighted by atomic mass is 16.4. The number of hydrogen-bond donors (Lipinski definition) is 1. The largest absolute Gasteiger partial charge is 0.445 e. The number of piperidine rings is 1. The van der Waals surface area contributed by atoms with Crippen molar-refractivity contribution in [3.63, 3.8) is 0 Å². The highest BCUT2D eigenvalue weighted by Gasteiger charge is 2.30. The van der Waals surface area contributed by atoms with Crippen molar-refractivity contribution < 1.29 is 9.21 Å². The van der Waals surface area contributed by atoms with Crippen molar-refractivity contribution in [1.29, 1.82) is 0 Å². The number of carbonyl (C=O) groups excluding carboxylic acids is 1. The van der Waals surface area contributed by atoms with Crippen LogP contribution in [0.1, 0.15) is 72.9 Å². The number of oxazole rings is 1. The lowest BCUT2D eigenvalue weighted by Crippen LogP contribution is -2.39. The Kier molecular flexibility index (Phi) is 5.26. The summed E-state index contributed by atoms with van der Waals surface area (Å²) in [5.41, 5.74) is 2.58. The third-order valence-electron chi connectivity index (χ3n) is 5.46. The number of nitrogens with zero attached hydrogens (tertiary/aromatic N) is 3. The Morgan fingerprint density at radius 1 is 1.28 bits per heavy atom. The molecule has 1 aliphatic rings. The number of H-pyrrole nitrogens is 1. The SMILES string of the molecule is CC(C)(C)c1cc(C(=O)N2CCC[C@@H](c3ncc(Cc4ccccc4)o3)C2)n[nH]1. The number of nitrogens with one attached hydrogen (secondary N) is 1. The Morgan fingerprint density at radius 2 is 2.07 bits per heavy atom. The van der Waals surface area contributed by atoms with E-state index < -0.39 is 0 Å². The van der Waals surface area contributed by atoms with Crippen LogP contribution in [0.2, 0.25) is 0 Å². The van der Waals surface area contributed by atoms with Crippen LogP contribution >= 0.6 is 0 Å². The zero-order valence-corrected chi connectivity index (χ0v) is 17.3. The predicted molar refractivity (Wildman–Crippen MR) is 111 cm³/mol. The van der Waals surface area contributed by atoms with Gasteiger partial charge in [0.05, 0.1) is 12.1 Å². The lowest BCUT2D eigenvalue weighted by Gasteiger charge is -2.30. The molecule has 0 aliphatic carbocycles. The molecule has 1 aliphatic heterocycles. The van der Waals surface area contributed by atoms with Crippen LogP contribution in [-0.4, -0.2) is 39.1 Å². The Morgan fingerprint density at radius 3 is 2.79 bits per heavy atom. The summed E-state index contributed by atoms with van der Waals surface area (Å²) < 4.78 is 6.04. The van der Waals surface area contributed by atoms with Crippen molar-refractivity contribution in [2.24, 2.45) is 0 Å². The van der Waals surface area contributed by atoms with Gasteiger partial charge in [-0.15, -0.1) is 0 Å². The first-order chi connectivity index (χ1) is 13.9. The summed E-state index contributed by atoms with van der Waals surface area (Å²) in [5.74, 6) is 1.68. The maximum absolute atomic E-state index is 13.0. The van der Waals surface area contributed by atoms with Crippen molar-refractivity contribution in [3.8, 4) is 0 Å². The van der Waals surface area contributed by atoms with E-state index >= 15 is 0 Å². The van der Waals surface area contributed by atoms with Crippen LogP contribution in [0.3, 0.4) is 0 Å². The summed E-state index contributed by atoms with van der Waals surface area (Å²) >= 11 is 0. The van der Waals surface area contributed by atoms with Gasteiger partial charge >= 0.3 is 0 Å². The Hall–Kier alpha value is -2.89. The average Bonchev–Trinajstić information content (AvgIpc) is 3.38. The number of aromatic amines is 1. The molecular formula is C23H28N4O2. The Labute approximate surface area is 171 Å². The maximum atomic E-state index is 13.0. The first kappa shape index (κ1) is 19.4. The lowest BCUT2D eigenvalue weighted by atomic mass is 9.92. The van der Waals surface area contributed by atoms with E-state index in [1.54, 1.807) is 0 Å². The third kappa shape index (κ3) is 4.42. The van der Waals surface area contributed by atoms with E-state index in [1.807, 2.05) is 35.4 Å². The van der Waals surface area contributed by atoms with Gasteiger partial charge in [-0.3, -0.25) is 9.89 Å².